The molecule has 2 aromatic carbocycles. The Balaban J connectivity index is 2.03. The minimum absolute atomic E-state index is 0.0499. The summed E-state index contributed by atoms with van der Waals surface area (Å²) >= 11 is 0. The molecule has 2 aromatic rings. The van der Waals surface area contributed by atoms with Crippen LogP contribution >= 0.6 is 0 Å². The van der Waals surface area contributed by atoms with Gasteiger partial charge in [0.25, 0.3) is 0 Å². The topological polar surface area (TPSA) is 59.1 Å². The Bertz CT molecular complexity index is 1190. The lowest BCUT2D eigenvalue weighted by Crippen LogP contribution is -2.58. The van der Waals surface area contributed by atoms with Crippen molar-refractivity contribution in [2.45, 2.75) is 96.0 Å². The smallest absolute Gasteiger partial charge is 0.416 e. The molecule has 0 N–H and O–H groups in total. The van der Waals surface area contributed by atoms with E-state index in [9.17, 15) is 35.9 Å². The van der Waals surface area contributed by atoms with Crippen LogP contribution in [0.2, 0.25) is 0 Å². The minimum Gasteiger partial charge on any atom is -0.453 e. The van der Waals surface area contributed by atoms with Crippen LogP contribution in [0.1, 0.15) is 69.2 Å². The molecule has 0 saturated carbocycles. The maximum Gasteiger partial charge on any atom is 0.416 e. The van der Waals surface area contributed by atoms with Gasteiger partial charge in [-0.2, -0.15) is 26.3 Å². The highest BCUT2D eigenvalue weighted by atomic mass is 19.4. The van der Waals surface area contributed by atoms with Gasteiger partial charge in [-0.25, -0.2) is 9.59 Å². The van der Waals surface area contributed by atoms with Crippen molar-refractivity contribution < 1.29 is 45.4 Å². The second-order valence-corrected chi connectivity index (χ2v) is 11.4. The first-order valence-electron chi connectivity index (χ1n) is 13.6. The Hall–Kier alpha value is -3.44. The fraction of sp³-hybridized carbons (Fsp3) is 0.533. The number of benzene rings is 2. The molecule has 42 heavy (non-hydrogen) atoms. The first kappa shape index (κ1) is 33.1. The van der Waals surface area contributed by atoms with E-state index < -0.39 is 65.9 Å². The lowest BCUT2D eigenvalue weighted by molar-refractivity contribution is -0.143. The van der Waals surface area contributed by atoms with Gasteiger partial charge in [0.1, 0.15) is 5.60 Å². The predicted octanol–water partition coefficient (Wildman–Crippen LogP) is 8.08. The van der Waals surface area contributed by atoms with Crippen LogP contribution in [0.25, 0.3) is 0 Å². The molecule has 1 aliphatic heterocycles. The van der Waals surface area contributed by atoms with Gasteiger partial charge >= 0.3 is 24.5 Å². The van der Waals surface area contributed by atoms with E-state index in [4.69, 9.17) is 9.47 Å². The van der Waals surface area contributed by atoms with Crippen molar-refractivity contribution in [1.29, 1.82) is 0 Å². The molecule has 3 rings (SSSR count). The van der Waals surface area contributed by atoms with E-state index in [0.29, 0.717) is 25.0 Å². The Morgan fingerprint density at radius 2 is 1.43 bits per heavy atom. The van der Waals surface area contributed by atoms with Crippen LogP contribution in [0.4, 0.5) is 35.9 Å². The Morgan fingerprint density at radius 3 is 1.90 bits per heavy atom. The van der Waals surface area contributed by atoms with Gasteiger partial charge in [0.05, 0.1) is 18.2 Å². The third-order valence-electron chi connectivity index (χ3n) is 7.12. The molecule has 0 aliphatic carbocycles. The van der Waals surface area contributed by atoms with E-state index in [1.165, 1.54) is 0 Å². The van der Waals surface area contributed by atoms with Crippen LogP contribution in [-0.2, 0) is 34.8 Å². The number of piperidine rings is 1. The molecule has 0 aromatic heterocycles. The largest absolute Gasteiger partial charge is 0.453 e. The number of halogens is 6. The number of alkyl halides is 6. The highest BCUT2D eigenvalue weighted by Gasteiger charge is 2.43. The number of likely N-dealkylation sites (tertiary alicyclic amines) is 1. The molecule has 2 amide bonds. The van der Waals surface area contributed by atoms with Gasteiger partial charge in [0.15, 0.2) is 0 Å². The molecule has 0 spiro atoms. The zero-order valence-electron chi connectivity index (χ0n) is 24.2. The maximum atomic E-state index is 13.5. The summed E-state index contributed by atoms with van der Waals surface area (Å²) < 4.78 is 91.8. The van der Waals surface area contributed by atoms with Crippen molar-refractivity contribution in [1.82, 2.24) is 9.80 Å². The summed E-state index contributed by atoms with van der Waals surface area (Å²) in [6.45, 7) is 6.54. The quantitative estimate of drug-likeness (QED) is 0.314. The number of amides is 2. The number of methoxy groups -OCH3 is 1. The van der Waals surface area contributed by atoms with Gasteiger partial charge in [-0.05, 0) is 75.8 Å². The molecule has 0 bridgehead atoms. The monoisotopic (exact) mass is 602 g/mol. The molecular formula is C30H36F6N2O4. The Labute approximate surface area is 241 Å². The van der Waals surface area contributed by atoms with Crippen molar-refractivity contribution in [2.75, 3.05) is 7.11 Å². The van der Waals surface area contributed by atoms with Crippen molar-refractivity contribution in [3.8, 4) is 0 Å². The number of carbonyl (C=O) groups excluding carboxylic acids is 2. The van der Waals surface area contributed by atoms with E-state index in [0.717, 1.165) is 17.6 Å². The van der Waals surface area contributed by atoms with Crippen LogP contribution in [0.3, 0.4) is 0 Å². The predicted molar refractivity (Wildman–Crippen MR) is 144 cm³/mol. The van der Waals surface area contributed by atoms with Gasteiger partial charge in [0.2, 0.25) is 0 Å². The first-order chi connectivity index (χ1) is 19.4. The Morgan fingerprint density at radius 1 is 0.881 bits per heavy atom. The molecule has 6 nitrogen and oxygen atoms in total. The molecular weight excluding hydrogens is 566 g/mol. The number of ether oxygens (including phenoxy) is 2. The molecule has 12 heteroatoms. The minimum atomic E-state index is -5.03. The van der Waals surface area contributed by atoms with Crippen molar-refractivity contribution in [3.05, 3.63) is 70.8 Å². The zero-order valence-corrected chi connectivity index (χ0v) is 24.2. The summed E-state index contributed by atoms with van der Waals surface area (Å²) in [4.78, 5) is 29.2. The third kappa shape index (κ3) is 8.54. The lowest BCUT2D eigenvalue weighted by atomic mass is 9.86. The molecule has 3 unspecified atom stereocenters. The molecule has 1 fully saturated rings. The van der Waals surface area contributed by atoms with Crippen LogP contribution in [-0.4, -0.2) is 52.8 Å². The van der Waals surface area contributed by atoms with Gasteiger partial charge in [-0.1, -0.05) is 37.3 Å². The van der Waals surface area contributed by atoms with Crippen LogP contribution in [0, 0.1) is 0 Å². The SMILES string of the molecule is CCC1CC(N(Cc2cc(C(F)(F)F)cc(C(F)(F)F)c2)C(=O)OC)CC(Cc2ccccc2)N1C(=O)OC(C)(C)C. The van der Waals surface area contributed by atoms with E-state index >= 15 is 0 Å². The summed E-state index contributed by atoms with van der Waals surface area (Å²) in [6, 6.07) is 9.02. The second kappa shape index (κ2) is 12.8. The fourth-order valence-corrected chi connectivity index (χ4v) is 5.32. The standard InChI is InChI=1S/C30H36F6N2O4/c1-6-23-16-24(17-25(14-19-10-8-7-9-11-19)38(23)27(40)42-28(2,3)4)37(26(39)41-5)18-20-12-21(29(31,32)33)15-22(13-20)30(34,35)36/h7-13,15,23-25H,6,14,16-18H2,1-5H3. The zero-order chi connectivity index (χ0) is 31.5. The third-order valence-corrected chi connectivity index (χ3v) is 7.12. The normalized spacial score (nSPS) is 19.8. The van der Waals surface area contributed by atoms with Crippen molar-refractivity contribution in [3.63, 3.8) is 0 Å². The molecule has 3 atom stereocenters. The van der Waals surface area contributed by atoms with Crippen molar-refractivity contribution in [2.24, 2.45) is 0 Å². The van der Waals surface area contributed by atoms with Crippen LogP contribution in [0.5, 0.6) is 0 Å². The number of rotatable bonds is 6. The van der Waals surface area contributed by atoms with E-state index in [2.05, 4.69) is 0 Å². The van der Waals surface area contributed by atoms with Crippen molar-refractivity contribution >= 4 is 12.2 Å². The van der Waals surface area contributed by atoms with Crippen LogP contribution < -0.4 is 0 Å². The molecule has 1 heterocycles. The summed E-state index contributed by atoms with van der Waals surface area (Å²) in [7, 11) is 1.09. The highest BCUT2D eigenvalue weighted by Crippen LogP contribution is 2.38. The Kier molecular flexibility index (Phi) is 10.1. The van der Waals surface area contributed by atoms with E-state index in [1.807, 2.05) is 37.3 Å². The summed E-state index contributed by atoms with van der Waals surface area (Å²) in [5.74, 6) is 0. The molecule has 232 valence electrons. The number of nitrogens with zero attached hydrogens (tertiary/aromatic N) is 2. The number of carbonyl (C=O) groups is 2. The van der Waals surface area contributed by atoms with E-state index in [1.54, 1.807) is 25.7 Å². The summed E-state index contributed by atoms with van der Waals surface area (Å²) in [6.07, 6.45) is -10.2. The van der Waals surface area contributed by atoms with Gasteiger partial charge in [-0.15, -0.1) is 0 Å². The average molecular weight is 603 g/mol. The van der Waals surface area contributed by atoms with Gasteiger partial charge in [-0.3, -0.25) is 0 Å². The van der Waals surface area contributed by atoms with Gasteiger partial charge in [0, 0.05) is 24.7 Å². The molecule has 1 saturated heterocycles. The second-order valence-electron chi connectivity index (χ2n) is 11.4. The van der Waals surface area contributed by atoms with E-state index in [-0.39, 0.29) is 24.5 Å². The van der Waals surface area contributed by atoms with Crippen LogP contribution in [0.15, 0.2) is 48.5 Å². The highest BCUT2D eigenvalue weighted by molar-refractivity contribution is 5.70. The lowest BCUT2D eigenvalue weighted by Gasteiger charge is -2.47. The summed E-state index contributed by atoms with van der Waals surface area (Å²) in [5, 5.41) is 0. The van der Waals surface area contributed by atoms with Gasteiger partial charge < -0.3 is 19.3 Å². The maximum absolute atomic E-state index is 13.5. The number of hydrogen-bond acceptors (Lipinski definition) is 4. The fourth-order valence-electron chi connectivity index (χ4n) is 5.32. The molecule has 1 aliphatic rings. The summed E-state index contributed by atoms with van der Waals surface area (Å²) in [5.41, 5.74) is -3.15. The molecule has 0 radical (unpaired) electrons. The first-order valence-corrected chi connectivity index (χ1v) is 13.6. The average Bonchev–Trinajstić information content (AvgIpc) is 2.89. The number of hydrogen-bond donors (Lipinski definition) is 0.